The molecule has 1 fully saturated rings. The highest BCUT2D eigenvalue weighted by Gasteiger charge is 2.30. The molecule has 3 aromatic heterocycles. The molecule has 5 rings (SSSR count). The smallest absolute Gasteiger partial charge is 0.261 e. The first kappa shape index (κ1) is 17.9. The van der Waals surface area contributed by atoms with Gasteiger partial charge in [-0.1, -0.05) is 23.0 Å². The fourth-order valence-electron chi connectivity index (χ4n) is 2.92. The van der Waals surface area contributed by atoms with Crippen molar-refractivity contribution in [2.24, 2.45) is 0 Å². The molecule has 1 aromatic carbocycles. The summed E-state index contributed by atoms with van der Waals surface area (Å²) in [6, 6.07) is 9.11. The van der Waals surface area contributed by atoms with Crippen LogP contribution in [-0.2, 0) is 5.75 Å². The van der Waals surface area contributed by atoms with Crippen molar-refractivity contribution in [2.45, 2.75) is 29.8 Å². The molecule has 0 unspecified atom stereocenters. The molecular formula is C19H14F2N6OS. The van der Waals surface area contributed by atoms with Crippen molar-refractivity contribution >= 4 is 11.8 Å². The van der Waals surface area contributed by atoms with Gasteiger partial charge >= 0.3 is 0 Å². The van der Waals surface area contributed by atoms with E-state index in [1.54, 1.807) is 6.20 Å². The first-order valence-electron chi connectivity index (χ1n) is 8.96. The van der Waals surface area contributed by atoms with Crippen molar-refractivity contribution < 1.29 is 13.3 Å². The van der Waals surface area contributed by atoms with Crippen LogP contribution in [0.4, 0.5) is 8.78 Å². The largest absolute Gasteiger partial charge is 0.334 e. The fraction of sp³-hybridized carbons (Fsp3) is 0.211. The summed E-state index contributed by atoms with van der Waals surface area (Å²) in [6.45, 7) is 0. The van der Waals surface area contributed by atoms with E-state index in [2.05, 4.69) is 29.9 Å². The minimum absolute atomic E-state index is 0.0598. The Morgan fingerprint density at radius 1 is 1.14 bits per heavy atom. The van der Waals surface area contributed by atoms with Gasteiger partial charge in [-0.25, -0.2) is 8.78 Å². The second kappa shape index (κ2) is 7.36. The Morgan fingerprint density at radius 3 is 2.83 bits per heavy atom. The molecule has 0 N–H and O–H groups in total. The highest BCUT2D eigenvalue weighted by Crippen LogP contribution is 2.41. The van der Waals surface area contributed by atoms with E-state index < -0.39 is 11.6 Å². The van der Waals surface area contributed by atoms with Crippen LogP contribution in [0.15, 0.2) is 52.3 Å². The Kier molecular flexibility index (Phi) is 4.55. The topological polar surface area (TPSA) is 82.5 Å². The lowest BCUT2D eigenvalue weighted by Crippen LogP contribution is -2.01. The second-order valence-corrected chi connectivity index (χ2v) is 7.49. The third kappa shape index (κ3) is 3.63. The Morgan fingerprint density at radius 2 is 2.03 bits per heavy atom. The summed E-state index contributed by atoms with van der Waals surface area (Å²) < 4.78 is 34.5. The molecule has 1 aliphatic carbocycles. The Labute approximate surface area is 168 Å². The maximum Gasteiger partial charge on any atom is 0.261 e. The zero-order valence-electron chi connectivity index (χ0n) is 15.0. The maximum absolute atomic E-state index is 13.9. The zero-order chi connectivity index (χ0) is 19.8. The van der Waals surface area contributed by atoms with Crippen molar-refractivity contribution in [1.82, 2.24) is 29.9 Å². The standard InChI is InChI=1S/C19H14F2N6OS/c20-11-4-7-14(21)13(9-11)18-23-16(26-28-18)10-29-19-25-24-17(27(19)12-5-6-12)15-3-1-2-8-22-15/h1-4,7-9,12H,5-6,10H2. The van der Waals surface area contributed by atoms with E-state index in [-0.39, 0.29) is 11.5 Å². The molecule has 0 radical (unpaired) electrons. The molecule has 0 saturated heterocycles. The van der Waals surface area contributed by atoms with Crippen molar-refractivity contribution in [3.05, 3.63) is 60.1 Å². The molecule has 1 saturated carbocycles. The summed E-state index contributed by atoms with van der Waals surface area (Å²) in [5.41, 5.74) is 0.703. The van der Waals surface area contributed by atoms with E-state index in [4.69, 9.17) is 4.52 Å². The summed E-state index contributed by atoms with van der Waals surface area (Å²) in [5, 5.41) is 13.2. The Hall–Kier alpha value is -3.14. The number of pyridine rings is 1. The first-order valence-corrected chi connectivity index (χ1v) is 9.95. The van der Waals surface area contributed by atoms with Gasteiger partial charge in [-0.05, 0) is 43.2 Å². The number of rotatable bonds is 6. The van der Waals surface area contributed by atoms with Gasteiger partial charge in [0.25, 0.3) is 5.89 Å². The average molecular weight is 412 g/mol. The quantitative estimate of drug-likeness (QED) is 0.437. The highest BCUT2D eigenvalue weighted by molar-refractivity contribution is 7.98. The average Bonchev–Trinajstić information content (AvgIpc) is 3.31. The third-order valence-electron chi connectivity index (χ3n) is 4.43. The number of hydrogen-bond donors (Lipinski definition) is 0. The highest BCUT2D eigenvalue weighted by atomic mass is 32.2. The van der Waals surface area contributed by atoms with E-state index in [1.807, 2.05) is 18.2 Å². The molecule has 0 spiro atoms. The van der Waals surface area contributed by atoms with E-state index in [0.29, 0.717) is 17.6 Å². The van der Waals surface area contributed by atoms with Gasteiger partial charge in [0.15, 0.2) is 16.8 Å². The molecule has 0 atom stereocenters. The van der Waals surface area contributed by atoms with Gasteiger partial charge < -0.3 is 4.52 Å². The van der Waals surface area contributed by atoms with Gasteiger partial charge in [0, 0.05) is 12.2 Å². The number of aromatic nitrogens is 6. The van der Waals surface area contributed by atoms with E-state index in [1.165, 1.54) is 11.8 Å². The van der Waals surface area contributed by atoms with E-state index >= 15 is 0 Å². The predicted molar refractivity (Wildman–Crippen MR) is 101 cm³/mol. The van der Waals surface area contributed by atoms with Crippen LogP contribution in [0.1, 0.15) is 24.7 Å². The second-order valence-electron chi connectivity index (χ2n) is 6.55. The third-order valence-corrected chi connectivity index (χ3v) is 5.37. The van der Waals surface area contributed by atoms with Crippen LogP contribution < -0.4 is 0 Å². The number of nitrogens with zero attached hydrogens (tertiary/aromatic N) is 6. The lowest BCUT2D eigenvalue weighted by molar-refractivity contribution is 0.422. The van der Waals surface area contributed by atoms with E-state index in [9.17, 15) is 8.78 Å². The van der Waals surface area contributed by atoms with Crippen molar-refractivity contribution in [2.75, 3.05) is 0 Å². The first-order chi connectivity index (χ1) is 14.2. The van der Waals surface area contributed by atoms with Gasteiger partial charge in [-0.2, -0.15) is 4.98 Å². The summed E-state index contributed by atoms with van der Waals surface area (Å²) in [7, 11) is 0. The minimum atomic E-state index is -0.622. The van der Waals surface area contributed by atoms with Gasteiger partial charge in [0.1, 0.15) is 17.3 Å². The number of halogens is 2. The summed E-state index contributed by atoms with van der Waals surface area (Å²) >= 11 is 1.41. The fourth-order valence-corrected chi connectivity index (χ4v) is 3.77. The van der Waals surface area contributed by atoms with Gasteiger partial charge in [0.05, 0.1) is 11.3 Å². The molecular weight excluding hydrogens is 398 g/mol. The molecule has 29 heavy (non-hydrogen) atoms. The van der Waals surface area contributed by atoms with Gasteiger partial charge in [-0.15, -0.1) is 10.2 Å². The monoisotopic (exact) mass is 412 g/mol. The lowest BCUT2D eigenvalue weighted by atomic mass is 10.2. The molecule has 10 heteroatoms. The van der Waals surface area contributed by atoms with Crippen molar-refractivity contribution in [3.63, 3.8) is 0 Å². The molecule has 4 aromatic rings. The van der Waals surface area contributed by atoms with Gasteiger partial charge in [0.2, 0.25) is 0 Å². The van der Waals surface area contributed by atoms with Crippen molar-refractivity contribution in [1.29, 1.82) is 0 Å². The lowest BCUT2D eigenvalue weighted by Gasteiger charge is -2.07. The molecule has 1 aliphatic rings. The van der Waals surface area contributed by atoms with Crippen molar-refractivity contribution in [3.8, 4) is 23.0 Å². The SMILES string of the molecule is Fc1ccc(F)c(-c2nc(CSc3nnc(-c4ccccn4)n3C3CC3)no2)c1. The maximum atomic E-state index is 13.9. The van der Waals surface area contributed by atoms with Crippen LogP contribution >= 0.6 is 11.8 Å². The summed E-state index contributed by atoms with van der Waals surface area (Å²) in [4.78, 5) is 8.54. The molecule has 0 aliphatic heterocycles. The van der Waals surface area contributed by atoms with Gasteiger partial charge in [-0.3, -0.25) is 9.55 Å². The number of hydrogen-bond acceptors (Lipinski definition) is 7. The van der Waals surface area contributed by atoms with Crippen LogP contribution in [0.2, 0.25) is 0 Å². The predicted octanol–water partition coefficient (Wildman–Crippen LogP) is 4.30. The van der Waals surface area contributed by atoms with Crippen LogP contribution in [0.5, 0.6) is 0 Å². The van der Waals surface area contributed by atoms with Crippen LogP contribution in [0.25, 0.3) is 23.0 Å². The molecule has 7 nitrogen and oxygen atoms in total. The van der Waals surface area contributed by atoms with Crippen LogP contribution in [-0.4, -0.2) is 29.9 Å². The van der Waals surface area contributed by atoms with Crippen LogP contribution in [0.3, 0.4) is 0 Å². The van der Waals surface area contributed by atoms with E-state index in [0.717, 1.165) is 47.7 Å². The summed E-state index contributed by atoms with van der Waals surface area (Å²) in [5.74, 6) is 0.186. The Balaban J connectivity index is 1.37. The minimum Gasteiger partial charge on any atom is -0.334 e. The zero-order valence-corrected chi connectivity index (χ0v) is 15.8. The molecule has 146 valence electrons. The Bertz CT molecular complexity index is 1160. The molecule has 0 amide bonds. The molecule has 3 heterocycles. The number of benzene rings is 1. The molecule has 0 bridgehead atoms. The number of thioether (sulfide) groups is 1. The van der Waals surface area contributed by atoms with Crippen LogP contribution in [0, 0.1) is 11.6 Å². The summed E-state index contributed by atoms with van der Waals surface area (Å²) in [6.07, 6.45) is 3.85. The normalized spacial score (nSPS) is 13.7.